The van der Waals surface area contributed by atoms with Crippen molar-refractivity contribution >= 4 is 15.9 Å². The summed E-state index contributed by atoms with van der Waals surface area (Å²) in [4.78, 5) is 19.2. The molecule has 0 radical (unpaired) electrons. The second-order valence-corrected chi connectivity index (χ2v) is 4.94. The molecule has 2 rings (SSSR count). The van der Waals surface area contributed by atoms with Crippen molar-refractivity contribution in [3.05, 3.63) is 51.0 Å². The zero-order valence-electron chi connectivity index (χ0n) is 10.2. The Kier molecular flexibility index (Phi) is 4.31. The molecule has 1 aromatic carbocycles. The van der Waals surface area contributed by atoms with Gasteiger partial charge in [-0.25, -0.2) is 4.98 Å². The van der Waals surface area contributed by atoms with Crippen LogP contribution in [0.5, 0.6) is 0 Å². The lowest BCUT2D eigenvalue weighted by atomic mass is 10.1. The summed E-state index contributed by atoms with van der Waals surface area (Å²) in [6.07, 6.45) is 2.91. The number of aromatic amines is 1. The first kappa shape index (κ1) is 13.0. The highest BCUT2D eigenvalue weighted by atomic mass is 79.9. The average molecular weight is 307 g/mol. The van der Waals surface area contributed by atoms with E-state index in [1.165, 1.54) is 0 Å². The predicted octanol–water partition coefficient (Wildman–Crippen LogP) is 3.54. The number of hydrogen-bond acceptors (Lipinski definition) is 2. The Balaban J connectivity index is 2.46. The van der Waals surface area contributed by atoms with Gasteiger partial charge in [-0.15, -0.1) is 0 Å². The van der Waals surface area contributed by atoms with Crippen LogP contribution in [0.1, 0.15) is 25.6 Å². The van der Waals surface area contributed by atoms with Gasteiger partial charge in [-0.1, -0.05) is 43.7 Å². The van der Waals surface area contributed by atoms with Gasteiger partial charge in [0.1, 0.15) is 10.3 Å². The van der Waals surface area contributed by atoms with Crippen LogP contribution in [0.4, 0.5) is 0 Å². The van der Waals surface area contributed by atoms with Crippen LogP contribution in [0.2, 0.25) is 0 Å². The molecule has 4 heteroatoms. The Labute approximate surface area is 114 Å². The van der Waals surface area contributed by atoms with Crippen molar-refractivity contribution in [3.8, 4) is 11.3 Å². The van der Waals surface area contributed by atoms with Crippen LogP contribution >= 0.6 is 15.9 Å². The summed E-state index contributed by atoms with van der Waals surface area (Å²) in [5.74, 6) is 0.754. The van der Waals surface area contributed by atoms with Crippen molar-refractivity contribution in [2.45, 2.75) is 26.2 Å². The SMILES string of the molecule is CCCCc1nc(-c2ccccc2)c(Br)c(=O)[nH]1. The zero-order valence-corrected chi connectivity index (χ0v) is 11.8. The Bertz CT molecular complexity index is 578. The lowest BCUT2D eigenvalue weighted by molar-refractivity contribution is 0.748. The van der Waals surface area contributed by atoms with E-state index in [0.29, 0.717) is 10.2 Å². The van der Waals surface area contributed by atoms with E-state index in [0.717, 1.165) is 30.7 Å². The second kappa shape index (κ2) is 5.96. The Morgan fingerprint density at radius 3 is 2.67 bits per heavy atom. The molecule has 1 heterocycles. The van der Waals surface area contributed by atoms with E-state index in [1.54, 1.807) is 0 Å². The maximum atomic E-state index is 11.9. The van der Waals surface area contributed by atoms with Crippen molar-refractivity contribution < 1.29 is 0 Å². The first-order chi connectivity index (χ1) is 8.72. The summed E-state index contributed by atoms with van der Waals surface area (Å²) in [5.41, 5.74) is 1.55. The summed E-state index contributed by atoms with van der Waals surface area (Å²) >= 11 is 3.31. The third-order valence-corrected chi connectivity index (χ3v) is 3.46. The molecule has 3 nitrogen and oxygen atoms in total. The number of rotatable bonds is 4. The largest absolute Gasteiger partial charge is 0.310 e. The zero-order chi connectivity index (χ0) is 13.0. The molecule has 1 aromatic heterocycles. The molecule has 0 unspecified atom stereocenters. The molecular formula is C14H15BrN2O. The van der Waals surface area contributed by atoms with E-state index < -0.39 is 0 Å². The smallest absolute Gasteiger partial charge is 0.265 e. The molecule has 0 saturated heterocycles. The molecular weight excluding hydrogens is 292 g/mol. The number of benzene rings is 1. The third-order valence-electron chi connectivity index (χ3n) is 2.73. The minimum atomic E-state index is -0.116. The fraction of sp³-hybridized carbons (Fsp3) is 0.286. The number of nitrogens with one attached hydrogen (secondary N) is 1. The normalized spacial score (nSPS) is 10.6. The average Bonchev–Trinajstić information content (AvgIpc) is 2.41. The summed E-state index contributed by atoms with van der Waals surface area (Å²) in [6.45, 7) is 2.12. The number of aromatic nitrogens is 2. The molecule has 2 aromatic rings. The van der Waals surface area contributed by atoms with E-state index in [1.807, 2.05) is 30.3 Å². The quantitative estimate of drug-likeness (QED) is 0.939. The minimum Gasteiger partial charge on any atom is -0.310 e. The molecule has 0 bridgehead atoms. The van der Waals surface area contributed by atoms with Gasteiger partial charge >= 0.3 is 0 Å². The molecule has 0 saturated carbocycles. The van der Waals surface area contributed by atoms with Gasteiger partial charge in [0.05, 0.1) is 5.69 Å². The summed E-state index contributed by atoms with van der Waals surface area (Å²) in [7, 11) is 0. The van der Waals surface area contributed by atoms with Crippen LogP contribution in [-0.2, 0) is 6.42 Å². The summed E-state index contributed by atoms with van der Waals surface area (Å²) in [6, 6.07) is 9.74. The maximum Gasteiger partial charge on any atom is 0.265 e. The highest BCUT2D eigenvalue weighted by Crippen LogP contribution is 2.22. The standard InChI is InChI=1S/C14H15BrN2O/c1-2-3-9-11-16-13(12(15)14(18)17-11)10-7-5-4-6-8-10/h4-8H,2-3,9H2,1H3,(H,16,17,18). The molecule has 18 heavy (non-hydrogen) atoms. The molecule has 94 valence electrons. The van der Waals surface area contributed by atoms with Gasteiger partial charge in [0.15, 0.2) is 0 Å². The van der Waals surface area contributed by atoms with Crippen LogP contribution in [0, 0.1) is 0 Å². The number of unbranched alkanes of at least 4 members (excludes halogenated alkanes) is 1. The van der Waals surface area contributed by atoms with E-state index >= 15 is 0 Å². The van der Waals surface area contributed by atoms with E-state index in [4.69, 9.17) is 0 Å². The van der Waals surface area contributed by atoms with E-state index in [-0.39, 0.29) is 5.56 Å². The molecule has 0 fully saturated rings. The number of hydrogen-bond donors (Lipinski definition) is 1. The van der Waals surface area contributed by atoms with Gasteiger partial charge < -0.3 is 4.98 Å². The van der Waals surface area contributed by atoms with E-state index in [9.17, 15) is 4.79 Å². The van der Waals surface area contributed by atoms with Crippen LogP contribution in [0.25, 0.3) is 11.3 Å². The van der Waals surface area contributed by atoms with Crippen molar-refractivity contribution in [2.75, 3.05) is 0 Å². The fourth-order valence-corrected chi connectivity index (χ4v) is 2.17. The van der Waals surface area contributed by atoms with Gasteiger partial charge in [0.25, 0.3) is 5.56 Å². The number of halogens is 1. The maximum absolute atomic E-state index is 11.9. The lowest BCUT2D eigenvalue weighted by Crippen LogP contribution is -2.14. The number of H-pyrrole nitrogens is 1. The number of nitrogens with zero attached hydrogens (tertiary/aromatic N) is 1. The van der Waals surface area contributed by atoms with Crippen LogP contribution in [0.3, 0.4) is 0 Å². The monoisotopic (exact) mass is 306 g/mol. The first-order valence-electron chi connectivity index (χ1n) is 6.06. The Morgan fingerprint density at radius 2 is 2.00 bits per heavy atom. The molecule has 0 amide bonds. The van der Waals surface area contributed by atoms with Gasteiger partial charge in [-0.2, -0.15) is 0 Å². The predicted molar refractivity (Wildman–Crippen MR) is 76.6 cm³/mol. The Morgan fingerprint density at radius 1 is 1.28 bits per heavy atom. The van der Waals surface area contributed by atoms with Crippen molar-refractivity contribution in [1.82, 2.24) is 9.97 Å². The van der Waals surface area contributed by atoms with Gasteiger partial charge in [0, 0.05) is 12.0 Å². The van der Waals surface area contributed by atoms with Crippen molar-refractivity contribution in [2.24, 2.45) is 0 Å². The lowest BCUT2D eigenvalue weighted by Gasteiger charge is -2.06. The molecule has 0 spiro atoms. The molecule has 0 aliphatic carbocycles. The summed E-state index contributed by atoms with van der Waals surface area (Å²) in [5, 5.41) is 0. The molecule has 1 N–H and O–H groups in total. The van der Waals surface area contributed by atoms with Gasteiger partial charge in [-0.05, 0) is 22.4 Å². The third kappa shape index (κ3) is 2.88. The van der Waals surface area contributed by atoms with Crippen LogP contribution in [-0.4, -0.2) is 9.97 Å². The van der Waals surface area contributed by atoms with Crippen molar-refractivity contribution in [1.29, 1.82) is 0 Å². The first-order valence-corrected chi connectivity index (χ1v) is 6.85. The molecule has 0 atom stereocenters. The van der Waals surface area contributed by atoms with Crippen LogP contribution in [0.15, 0.2) is 39.6 Å². The minimum absolute atomic E-state index is 0.116. The molecule has 0 aliphatic heterocycles. The van der Waals surface area contributed by atoms with Crippen LogP contribution < -0.4 is 5.56 Å². The summed E-state index contributed by atoms with van der Waals surface area (Å²) < 4.78 is 0.494. The van der Waals surface area contributed by atoms with Gasteiger partial charge in [-0.3, -0.25) is 4.79 Å². The van der Waals surface area contributed by atoms with E-state index in [2.05, 4.69) is 32.8 Å². The van der Waals surface area contributed by atoms with Crippen molar-refractivity contribution in [3.63, 3.8) is 0 Å². The highest BCUT2D eigenvalue weighted by Gasteiger charge is 2.10. The highest BCUT2D eigenvalue weighted by molar-refractivity contribution is 9.10. The second-order valence-electron chi connectivity index (χ2n) is 4.14. The van der Waals surface area contributed by atoms with Gasteiger partial charge in [0.2, 0.25) is 0 Å². The Hall–Kier alpha value is -1.42. The topological polar surface area (TPSA) is 45.8 Å². The molecule has 0 aliphatic rings. The fourth-order valence-electron chi connectivity index (χ4n) is 1.76. The number of aryl methyl sites for hydroxylation is 1.